The van der Waals surface area contributed by atoms with Gasteiger partial charge in [0, 0.05) is 18.8 Å². The van der Waals surface area contributed by atoms with Crippen molar-refractivity contribution in [3.63, 3.8) is 0 Å². The number of aryl methyl sites for hydroxylation is 1. The van der Waals surface area contributed by atoms with Crippen molar-refractivity contribution in [2.75, 3.05) is 13.2 Å². The number of nitrogens with zero attached hydrogens (tertiary/aromatic N) is 4. The minimum absolute atomic E-state index is 0.0614. The summed E-state index contributed by atoms with van der Waals surface area (Å²) in [6.07, 6.45) is 3.73. The number of ether oxygens (including phenoxy) is 1. The molecular formula is C12H12N4O3. The van der Waals surface area contributed by atoms with Crippen LogP contribution in [0, 0.1) is 6.92 Å². The van der Waals surface area contributed by atoms with E-state index in [1.165, 1.54) is 0 Å². The van der Waals surface area contributed by atoms with E-state index in [2.05, 4.69) is 20.1 Å². The largest absolute Gasteiger partial charge is 0.380 e. The molecule has 1 aliphatic rings. The van der Waals surface area contributed by atoms with E-state index in [4.69, 9.17) is 9.26 Å². The van der Waals surface area contributed by atoms with Crippen LogP contribution in [-0.2, 0) is 9.53 Å². The standard InChI is InChI=1S/C12H12N4O3/c1-7-4-13-10(14-5-7)11-15-12(19-16-11)8-6-18-3-2-9(8)17/h4-5,8H,2-3,6H2,1H3. The Labute approximate surface area is 109 Å². The van der Waals surface area contributed by atoms with Gasteiger partial charge in [-0.15, -0.1) is 0 Å². The van der Waals surface area contributed by atoms with Gasteiger partial charge in [0.1, 0.15) is 11.7 Å². The minimum atomic E-state index is -0.472. The molecule has 7 heteroatoms. The summed E-state index contributed by atoms with van der Waals surface area (Å²) in [7, 11) is 0. The van der Waals surface area contributed by atoms with Crippen LogP contribution in [-0.4, -0.2) is 39.1 Å². The van der Waals surface area contributed by atoms with Crippen molar-refractivity contribution in [1.29, 1.82) is 0 Å². The summed E-state index contributed by atoms with van der Waals surface area (Å²) in [6.45, 7) is 2.64. The van der Waals surface area contributed by atoms with E-state index in [1.807, 2.05) is 6.92 Å². The highest BCUT2D eigenvalue weighted by Gasteiger charge is 2.30. The lowest BCUT2D eigenvalue weighted by molar-refractivity contribution is -0.127. The van der Waals surface area contributed by atoms with Crippen LogP contribution in [0.3, 0.4) is 0 Å². The Bertz CT molecular complexity index is 593. The van der Waals surface area contributed by atoms with Crippen LogP contribution in [0.2, 0.25) is 0 Å². The Balaban J connectivity index is 1.86. The molecule has 3 heterocycles. The molecule has 0 saturated carbocycles. The Morgan fingerprint density at radius 1 is 1.26 bits per heavy atom. The first kappa shape index (κ1) is 11.9. The van der Waals surface area contributed by atoms with Crippen molar-refractivity contribution in [3.8, 4) is 11.6 Å². The number of hydrogen-bond donors (Lipinski definition) is 0. The first-order valence-corrected chi connectivity index (χ1v) is 5.97. The SMILES string of the molecule is Cc1cnc(-c2noc(C3COCCC3=O)n2)nc1. The average Bonchev–Trinajstić information content (AvgIpc) is 2.89. The second-order valence-electron chi connectivity index (χ2n) is 4.38. The highest BCUT2D eigenvalue weighted by Crippen LogP contribution is 2.22. The van der Waals surface area contributed by atoms with Gasteiger partial charge in [0.25, 0.3) is 0 Å². The zero-order chi connectivity index (χ0) is 13.2. The summed E-state index contributed by atoms with van der Waals surface area (Å²) < 4.78 is 10.4. The van der Waals surface area contributed by atoms with Crippen LogP contribution >= 0.6 is 0 Å². The van der Waals surface area contributed by atoms with Crippen molar-refractivity contribution in [3.05, 3.63) is 23.8 Å². The number of rotatable bonds is 2. The topological polar surface area (TPSA) is 91.0 Å². The molecule has 19 heavy (non-hydrogen) atoms. The molecule has 0 aromatic carbocycles. The van der Waals surface area contributed by atoms with E-state index in [-0.39, 0.29) is 24.1 Å². The zero-order valence-corrected chi connectivity index (χ0v) is 10.4. The molecule has 2 aromatic heterocycles. The predicted octanol–water partition coefficient (Wildman–Crippen LogP) is 0.908. The van der Waals surface area contributed by atoms with Gasteiger partial charge >= 0.3 is 0 Å². The average molecular weight is 260 g/mol. The van der Waals surface area contributed by atoms with Crippen molar-refractivity contribution in [1.82, 2.24) is 20.1 Å². The fourth-order valence-electron chi connectivity index (χ4n) is 1.83. The molecule has 0 spiro atoms. The molecule has 0 radical (unpaired) electrons. The van der Waals surface area contributed by atoms with E-state index in [0.717, 1.165) is 5.56 Å². The van der Waals surface area contributed by atoms with Crippen LogP contribution in [0.15, 0.2) is 16.9 Å². The summed E-state index contributed by atoms with van der Waals surface area (Å²) in [5.74, 6) is 0.522. The Hall–Kier alpha value is -2.15. The maximum atomic E-state index is 11.7. The second kappa shape index (κ2) is 4.85. The molecule has 1 unspecified atom stereocenters. The van der Waals surface area contributed by atoms with Gasteiger partial charge in [-0.2, -0.15) is 4.98 Å². The number of ketones is 1. The second-order valence-corrected chi connectivity index (χ2v) is 4.38. The minimum Gasteiger partial charge on any atom is -0.380 e. The van der Waals surface area contributed by atoms with E-state index in [1.54, 1.807) is 12.4 Å². The number of carbonyl (C=O) groups is 1. The number of carbonyl (C=O) groups excluding carboxylic acids is 1. The first-order valence-electron chi connectivity index (χ1n) is 5.97. The van der Waals surface area contributed by atoms with Crippen LogP contribution in [0.4, 0.5) is 0 Å². The van der Waals surface area contributed by atoms with Crippen LogP contribution in [0.1, 0.15) is 23.8 Å². The predicted molar refractivity (Wildman–Crippen MR) is 63.2 cm³/mol. The number of hydrogen-bond acceptors (Lipinski definition) is 7. The van der Waals surface area contributed by atoms with Crippen LogP contribution < -0.4 is 0 Å². The molecule has 1 atom stereocenters. The van der Waals surface area contributed by atoms with Crippen LogP contribution in [0.25, 0.3) is 11.6 Å². The number of aromatic nitrogens is 4. The fraction of sp³-hybridized carbons (Fsp3) is 0.417. The zero-order valence-electron chi connectivity index (χ0n) is 10.4. The molecule has 1 aliphatic heterocycles. The monoisotopic (exact) mass is 260 g/mol. The normalized spacial score (nSPS) is 19.6. The van der Waals surface area contributed by atoms with Gasteiger partial charge in [-0.05, 0) is 12.5 Å². The summed E-state index contributed by atoms with van der Waals surface area (Å²) in [5, 5.41) is 3.81. The molecule has 2 aromatic rings. The Morgan fingerprint density at radius 3 is 2.79 bits per heavy atom. The highest BCUT2D eigenvalue weighted by molar-refractivity contribution is 5.85. The lowest BCUT2D eigenvalue weighted by Crippen LogP contribution is -2.25. The Morgan fingerprint density at radius 2 is 2.05 bits per heavy atom. The lowest BCUT2D eigenvalue weighted by Gasteiger charge is -2.16. The molecule has 3 rings (SSSR count). The quantitative estimate of drug-likeness (QED) is 0.792. The summed E-state index contributed by atoms with van der Waals surface area (Å²) in [5.41, 5.74) is 0.948. The molecule has 0 bridgehead atoms. The molecule has 7 nitrogen and oxygen atoms in total. The van der Waals surface area contributed by atoms with Crippen molar-refractivity contribution >= 4 is 5.78 Å². The summed E-state index contributed by atoms with van der Waals surface area (Å²) in [6, 6.07) is 0. The van der Waals surface area contributed by atoms with Crippen LogP contribution in [0.5, 0.6) is 0 Å². The molecule has 0 N–H and O–H groups in total. The molecule has 0 amide bonds. The third-order valence-corrected chi connectivity index (χ3v) is 2.89. The highest BCUT2D eigenvalue weighted by atomic mass is 16.5. The lowest BCUT2D eigenvalue weighted by atomic mass is 10.0. The summed E-state index contributed by atoms with van der Waals surface area (Å²) >= 11 is 0. The fourth-order valence-corrected chi connectivity index (χ4v) is 1.83. The van der Waals surface area contributed by atoms with Gasteiger partial charge in [-0.3, -0.25) is 4.79 Å². The maximum Gasteiger partial charge on any atom is 0.240 e. The van der Waals surface area contributed by atoms with E-state index in [0.29, 0.717) is 18.9 Å². The van der Waals surface area contributed by atoms with Gasteiger partial charge in [-0.25, -0.2) is 9.97 Å². The van der Waals surface area contributed by atoms with Gasteiger partial charge in [0.15, 0.2) is 0 Å². The number of Topliss-reactive ketones (excluding diaryl/α,β-unsaturated/α-hetero) is 1. The molecule has 98 valence electrons. The Kier molecular flexibility index (Phi) is 3.04. The van der Waals surface area contributed by atoms with Crippen molar-refractivity contribution < 1.29 is 14.1 Å². The first-order chi connectivity index (χ1) is 9.24. The van der Waals surface area contributed by atoms with Crippen molar-refractivity contribution in [2.45, 2.75) is 19.3 Å². The molecule has 1 fully saturated rings. The van der Waals surface area contributed by atoms with Gasteiger partial charge < -0.3 is 9.26 Å². The third-order valence-electron chi connectivity index (χ3n) is 2.89. The van der Waals surface area contributed by atoms with E-state index in [9.17, 15) is 4.79 Å². The third kappa shape index (κ3) is 2.37. The van der Waals surface area contributed by atoms with E-state index < -0.39 is 5.92 Å². The van der Waals surface area contributed by atoms with Gasteiger partial charge in [0.2, 0.25) is 17.5 Å². The van der Waals surface area contributed by atoms with Crippen molar-refractivity contribution in [2.24, 2.45) is 0 Å². The molecule has 0 aliphatic carbocycles. The smallest absolute Gasteiger partial charge is 0.240 e. The summed E-state index contributed by atoms with van der Waals surface area (Å²) in [4.78, 5) is 24.2. The van der Waals surface area contributed by atoms with Gasteiger partial charge in [-0.1, -0.05) is 5.16 Å². The van der Waals surface area contributed by atoms with E-state index >= 15 is 0 Å². The maximum absolute atomic E-state index is 11.7. The molecule has 1 saturated heterocycles. The molecular weight excluding hydrogens is 248 g/mol. The van der Waals surface area contributed by atoms with Gasteiger partial charge in [0.05, 0.1) is 13.2 Å².